The molecule has 98 valence electrons. The maximum atomic E-state index is 10.7. The van der Waals surface area contributed by atoms with Crippen LogP contribution in [0.4, 0.5) is 11.5 Å². The number of halogens is 1. The van der Waals surface area contributed by atoms with Gasteiger partial charge in [0.1, 0.15) is 17.9 Å². The first-order valence-electron chi connectivity index (χ1n) is 5.00. The van der Waals surface area contributed by atoms with Gasteiger partial charge in [0.2, 0.25) is 5.88 Å². The van der Waals surface area contributed by atoms with Crippen LogP contribution in [0.15, 0.2) is 35.1 Å². The Morgan fingerprint density at radius 1 is 1.32 bits per heavy atom. The van der Waals surface area contributed by atoms with Crippen molar-refractivity contribution in [1.82, 2.24) is 9.97 Å². The number of nitrogen functional groups attached to an aromatic ring is 1. The highest BCUT2D eigenvalue weighted by atomic mass is 79.9. The number of nitrogens with one attached hydrogen (secondary N) is 1. The predicted octanol–water partition coefficient (Wildman–Crippen LogP) is 2.23. The number of aromatic nitrogens is 2. The minimum absolute atomic E-state index is 0.0874. The first-order chi connectivity index (χ1) is 9.08. The van der Waals surface area contributed by atoms with Crippen molar-refractivity contribution in [3.8, 4) is 11.6 Å². The summed E-state index contributed by atoms with van der Waals surface area (Å²) < 4.78 is 5.94. The topological polar surface area (TPSA) is 116 Å². The molecule has 0 atom stereocenters. The summed E-state index contributed by atoms with van der Waals surface area (Å²) in [5.41, 5.74) is 2.26. The van der Waals surface area contributed by atoms with Gasteiger partial charge in [0.05, 0.1) is 11.0 Å². The monoisotopic (exact) mass is 325 g/mol. The molecule has 0 radical (unpaired) electrons. The highest BCUT2D eigenvalue weighted by Crippen LogP contribution is 2.29. The second-order valence-electron chi connectivity index (χ2n) is 3.39. The van der Waals surface area contributed by atoms with Gasteiger partial charge in [-0.05, 0) is 6.07 Å². The molecule has 0 aliphatic heterocycles. The van der Waals surface area contributed by atoms with Crippen molar-refractivity contribution in [1.29, 1.82) is 0 Å². The van der Waals surface area contributed by atoms with Crippen LogP contribution < -0.4 is 16.0 Å². The Hall–Kier alpha value is -2.26. The summed E-state index contributed by atoms with van der Waals surface area (Å²) >= 11 is 3.17. The third-order valence-corrected chi connectivity index (χ3v) is 2.54. The van der Waals surface area contributed by atoms with E-state index in [1.807, 2.05) is 0 Å². The van der Waals surface area contributed by atoms with Crippen molar-refractivity contribution in [3.63, 3.8) is 0 Å². The first kappa shape index (κ1) is 13.2. The van der Waals surface area contributed by atoms with Crippen LogP contribution in [0, 0.1) is 10.1 Å². The molecule has 3 N–H and O–H groups in total. The van der Waals surface area contributed by atoms with Gasteiger partial charge in [0.25, 0.3) is 5.69 Å². The quantitative estimate of drug-likeness (QED) is 0.502. The van der Waals surface area contributed by atoms with Crippen LogP contribution in [0.5, 0.6) is 11.6 Å². The number of hydrogen-bond donors (Lipinski definition) is 2. The van der Waals surface area contributed by atoms with Gasteiger partial charge in [0.15, 0.2) is 0 Å². The molecule has 0 bridgehead atoms. The van der Waals surface area contributed by atoms with Gasteiger partial charge < -0.3 is 10.2 Å². The molecule has 1 aromatic heterocycles. The molecule has 0 fully saturated rings. The van der Waals surface area contributed by atoms with Crippen LogP contribution >= 0.6 is 15.9 Å². The predicted molar refractivity (Wildman–Crippen MR) is 70.7 cm³/mol. The molecule has 0 saturated heterocycles. The Bertz CT molecular complexity index is 622. The minimum Gasteiger partial charge on any atom is -0.439 e. The van der Waals surface area contributed by atoms with Crippen LogP contribution in [-0.4, -0.2) is 14.9 Å². The maximum absolute atomic E-state index is 10.7. The van der Waals surface area contributed by atoms with Crippen LogP contribution in [0.1, 0.15) is 0 Å². The number of nitro benzene ring substituents is 1. The van der Waals surface area contributed by atoms with E-state index in [2.05, 4.69) is 31.3 Å². The lowest BCUT2D eigenvalue weighted by Gasteiger charge is -2.06. The van der Waals surface area contributed by atoms with E-state index in [1.54, 1.807) is 6.07 Å². The largest absolute Gasteiger partial charge is 0.439 e. The van der Waals surface area contributed by atoms with E-state index in [9.17, 15) is 10.1 Å². The van der Waals surface area contributed by atoms with Gasteiger partial charge in [-0.25, -0.2) is 15.8 Å². The normalized spacial score (nSPS) is 10.0. The molecular weight excluding hydrogens is 318 g/mol. The van der Waals surface area contributed by atoms with Gasteiger partial charge in [-0.1, -0.05) is 15.9 Å². The molecule has 1 aromatic carbocycles. The number of benzene rings is 1. The highest BCUT2D eigenvalue weighted by molar-refractivity contribution is 9.10. The Morgan fingerprint density at radius 2 is 2.11 bits per heavy atom. The van der Waals surface area contributed by atoms with E-state index in [-0.39, 0.29) is 17.3 Å². The third kappa shape index (κ3) is 3.36. The van der Waals surface area contributed by atoms with E-state index in [4.69, 9.17) is 10.6 Å². The number of non-ortho nitro benzene ring substituents is 1. The third-order valence-electron chi connectivity index (χ3n) is 2.08. The number of hydrazine groups is 1. The fraction of sp³-hybridized carbons (Fsp3) is 0. The molecule has 0 spiro atoms. The minimum atomic E-state index is -0.509. The summed E-state index contributed by atoms with van der Waals surface area (Å²) in [7, 11) is 0. The lowest BCUT2D eigenvalue weighted by molar-refractivity contribution is -0.385. The molecule has 8 nitrogen and oxygen atoms in total. The average molecular weight is 326 g/mol. The van der Waals surface area contributed by atoms with Gasteiger partial charge in [0, 0.05) is 16.6 Å². The first-order valence-corrected chi connectivity index (χ1v) is 5.79. The Morgan fingerprint density at radius 3 is 2.79 bits per heavy atom. The molecule has 2 rings (SSSR count). The summed E-state index contributed by atoms with van der Waals surface area (Å²) in [6, 6.07) is 5.72. The molecule has 19 heavy (non-hydrogen) atoms. The summed E-state index contributed by atoms with van der Waals surface area (Å²) in [6.07, 6.45) is 1.26. The zero-order chi connectivity index (χ0) is 13.8. The smallest absolute Gasteiger partial charge is 0.274 e. The molecule has 0 saturated carbocycles. The second-order valence-corrected chi connectivity index (χ2v) is 4.31. The lowest BCUT2D eigenvalue weighted by atomic mass is 10.3. The summed E-state index contributed by atoms with van der Waals surface area (Å²) in [5.74, 6) is 6.08. The molecule has 0 unspecified atom stereocenters. The molecule has 0 aliphatic rings. The summed E-state index contributed by atoms with van der Waals surface area (Å²) in [4.78, 5) is 17.9. The zero-order valence-electron chi connectivity index (χ0n) is 9.41. The van der Waals surface area contributed by atoms with Crippen molar-refractivity contribution in [2.75, 3.05) is 5.43 Å². The summed E-state index contributed by atoms with van der Waals surface area (Å²) in [5, 5.41) is 10.7. The van der Waals surface area contributed by atoms with Gasteiger partial charge in [-0.3, -0.25) is 10.1 Å². The molecule has 9 heteroatoms. The second kappa shape index (κ2) is 5.59. The van der Waals surface area contributed by atoms with Gasteiger partial charge in [-0.2, -0.15) is 0 Å². The van der Waals surface area contributed by atoms with Crippen LogP contribution in [0.25, 0.3) is 0 Å². The highest BCUT2D eigenvalue weighted by Gasteiger charge is 2.10. The number of hydrogen-bond acceptors (Lipinski definition) is 7. The molecule has 2 aromatic rings. The van der Waals surface area contributed by atoms with Crippen molar-refractivity contribution in [2.45, 2.75) is 0 Å². The number of rotatable bonds is 4. The van der Waals surface area contributed by atoms with E-state index >= 15 is 0 Å². The number of nitro groups is 1. The molecule has 0 amide bonds. The maximum Gasteiger partial charge on any atom is 0.274 e. The zero-order valence-corrected chi connectivity index (χ0v) is 11.0. The van der Waals surface area contributed by atoms with Crippen LogP contribution in [0.3, 0.4) is 0 Å². The van der Waals surface area contributed by atoms with Gasteiger partial charge >= 0.3 is 0 Å². The van der Waals surface area contributed by atoms with E-state index in [0.717, 1.165) is 0 Å². The van der Waals surface area contributed by atoms with Crippen LogP contribution in [0.2, 0.25) is 0 Å². The Balaban J connectivity index is 2.29. The van der Waals surface area contributed by atoms with E-state index in [0.29, 0.717) is 10.3 Å². The Kier molecular flexibility index (Phi) is 3.88. The lowest BCUT2D eigenvalue weighted by Crippen LogP contribution is -2.08. The van der Waals surface area contributed by atoms with E-state index in [1.165, 1.54) is 24.5 Å². The summed E-state index contributed by atoms with van der Waals surface area (Å²) in [6.45, 7) is 0. The number of anilines is 1. The fourth-order valence-electron chi connectivity index (χ4n) is 1.31. The van der Waals surface area contributed by atoms with Crippen molar-refractivity contribution in [2.24, 2.45) is 5.84 Å². The van der Waals surface area contributed by atoms with Crippen molar-refractivity contribution < 1.29 is 9.66 Å². The average Bonchev–Trinajstić information content (AvgIpc) is 2.38. The number of nitrogens with zero attached hydrogens (tertiary/aromatic N) is 3. The van der Waals surface area contributed by atoms with Crippen LogP contribution in [-0.2, 0) is 0 Å². The molecule has 0 aliphatic carbocycles. The fourth-order valence-corrected chi connectivity index (χ4v) is 1.77. The van der Waals surface area contributed by atoms with Crippen molar-refractivity contribution in [3.05, 3.63) is 45.2 Å². The Labute approximate surface area is 115 Å². The van der Waals surface area contributed by atoms with E-state index < -0.39 is 4.92 Å². The number of ether oxygens (including phenoxy) is 1. The SMILES string of the molecule is NNc1cc(Oc2cc(Br)cc([N+](=O)[O-])c2)ncn1. The number of nitrogens with two attached hydrogens (primary N) is 1. The standard InChI is InChI=1S/C10H8BrN5O3/c11-6-1-7(16(17)18)3-8(2-6)19-10-4-9(15-12)13-5-14-10/h1-5H,12H2,(H,13,14,15). The molecular formula is C10H8BrN5O3. The molecule has 1 heterocycles. The van der Waals surface area contributed by atoms with Crippen molar-refractivity contribution >= 4 is 27.4 Å². The van der Waals surface area contributed by atoms with Gasteiger partial charge in [-0.15, -0.1) is 0 Å².